The smallest absolute Gasteiger partial charge is 0.338 e. The normalized spacial score (nSPS) is 34.6. The quantitative estimate of drug-likeness (QED) is 0.472. The molecule has 0 bridgehead atoms. The van der Waals surface area contributed by atoms with Gasteiger partial charge < -0.3 is 29.2 Å². The number of hydrogen-bond acceptors (Lipinski definition) is 10. The summed E-state index contributed by atoms with van der Waals surface area (Å²) < 4.78 is 55.2. The molecule has 4 aliphatic rings. The molecule has 1 N–H and O–H groups in total. The monoisotopic (exact) mass is 516 g/mol. The molecule has 12 nitrogen and oxygen atoms in total. The van der Waals surface area contributed by atoms with E-state index in [1.165, 1.54) is 11.4 Å². The maximum atomic E-state index is 12.9. The molecular weight excluding hydrogens is 480 g/mol. The summed E-state index contributed by atoms with van der Waals surface area (Å²) in [4.78, 5) is 14.2. The molecule has 0 aliphatic carbocycles. The maximum absolute atomic E-state index is 12.9. The van der Waals surface area contributed by atoms with Crippen LogP contribution in [-0.4, -0.2) is 105 Å². The number of carbonyl (C=O) groups is 1. The number of likely N-dealkylation sites (tertiary alicyclic amines) is 1. The van der Waals surface area contributed by atoms with E-state index in [4.69, 9.17) is 23.1 Å². The summed E-state index contributed by atoms with van der Waals surface area (Å²) in [6, 6.07) is 1.82. The number of rotatable bonds is 8. The first-order valence-electron chi connectivity index (χ1n) is 12.1. The van der Waals surface area contributed by atoms with E-state index in [2.05, 4.69) is 11.4 Å². The van der Waals surface area contributed by atoms with E-state index in [1.807, 2.05) is 6.92 Å². The van der Waals surface area contributed by atoms with Crippen molar-refractivity contribution in [2.45, 2.75) is 88.4 Å². The zero-order valence-corrected chi connectivity index (χ0v) is 21.6. The maximum Gasteiger partial charge on any atom is 0.338 e. The third-order valence-corrected chi connectivity index (χ3v) is 8.68. The van der Waals surface area contributed by atoms with Crippen LogP contribution in [0.3, 0.4) is 0 Å². The average molecular weight is 517 g/mol. The van der Waals surface area contributed by atoms with Gasteiger partial charge in [-0.25, -0.2) is 0 Å². The lowest BCUT2D eigenvalue weighted by Gasteiger charge is -2.39. The highest BCUT2D eigenvalue weighted by molar-refractivity contribution is 7.84. The molecule has 4 fully saturated rings. The first-order valence-corrected chi connectivity index (χ1v) is 13.5. The van der Waals surface area contributed by atoms with Crippen LogP contribution in [0.1, 0.15) is 46.5 Å². The predicted molar refractivity (Wildman–Crippen MR) is 122 cm³/mol. The van der Waals surface area contributed by atoms with Gasteiger partial charge in [0, 0.05) is 32.3 Å². The molecule has 35 heavy (non-hydrogen) atoms. The van der Waals surface area contributed by atoms with Crippen LogP contribution in [0, 0.1) is 11.3 Å². The van der Waals surface area contributed by atoms with Crippen LogP contribution in [0.25, 0.3) is 0 Å². The molecule has 0 spiro atoms. The van der Waals surface area contributed by atoms with Crippen molar-refractivity contribution in [2.24, 2.45) is 0 Å². The number of ether oxygens (including phenoxy) is 4. The highest BCUT2D eigenvalue weighted by Crippen LogP contribution is 2.39. The van der Waals surface area contributed by atoms with Crippen molar-refractivity contribution in [3.05, 3.63) is 0 Å². The fraction of sp³-hybridized carbons (Fsp3) is 0.909. The summed E-state index contributed by atoms with van der Waals surface area (Å²) >= 11 is 0. The molecule has 4 saturated heterocycles. The Morgan fingerprint density at radius 1 is 1.17 bits per heavy atom. The lowest BCUT2D eigenvalue weighted by Crippen LogP contribution is -2.55. The minimum atomic E-state index is -3.98. The summed E-state index contributed by atoms with van der Waals surface area (Å²) in [7, 11) is -2.48. The van der Waals surface area contributed by atoms with Gasteiger partial charge in [0.1, 0.15) is 24.4 Å². The molecule has 0 saturated carbocycles. The van der Waals surface area contributed by atoms with Gasteiger partial charge in [-0.2, -0.15) is 18.0 Å². The molecule has 5 atom stereocenters. The van der Waals surface area contributed by atoms with Crippen LogP contribution in [0.5, 0.6) is 0 Å². The highest BCUT2D eigenvalue weighted by atomic mass is 32.2. The molecular formula is C22H36N4O8S. The zero-order chi connectivity index (χ0) is 25.4. The van der Waals surface area contributed by atoms with Gasteiger partial charge in [0.15, 0.2) is 12.1 Å². The van der Waals surface area contributed by atoms with Crippen molar-refractivity contribution >= 4 is 16.2 Å². The molecule has 0 aromatic carbocycles. The Kier molecular flexibility index (Phi) is 7.76. The summed E-state index contributed by atoms with van der Waals surface area (Å²) in [6.07, 6.45) is 0.330. The number of piperidine rings is 1. The van der Waals surface area contributed by atoms with Crippen LogP contribution in [-0.2, 0) is 38.2 Å². The van der Waals surface area contributed by atoms with E-state index in [-0.39, 0.29) is 38.2 Å². The van der Waals surface area contributed by atoms with Crippen molar-refractivity contribution in [3.8, 4) is 6.07 Å². The summed E-state index contributed by atoms with van der Waals surface area (Å²) in [5.41, 5.74) is -0.391. The number of fused-ring (bicyclic) bond motifs is 1. The highest BCUT2D eigenvalue weighted by Gasteiger charge is 2.56. The van der Waals surface area contributed by atoms with E-state index in [1.54, 1.807) is 18.7 Å². The van der Waals surface area contributed by atoms with E-state index in [9.17, 15) is 18.5 Å². The van der Waals surface area contributed by atoms with Gasteiger partial charge in [-0.05, 0) is 46.5 Å². The van der Waals surface area contributed by atoms with Crippen molar-refractivity contribution in [1.82, 2.24) is 14.5 Å². The topological polar surface area (TPSA) is 140 Å². The SMILES string of the molecule is CO[C@@H]1O[C@H](COS(=O)(=O)N2CCC(C)(NCC(=O)N3CCC[C@H]3C#N)CC2)[C@H]2OC(C)(C)O[C@@H]12. The molecule has 0 radical (unpaired) electrons. The molecule has 4 aliphatic heterocycles. The Morgan fingerprint density at radius 3 is 2.51 bits per heavy atom. The molecule has 198 valence electrons. The molecule has 1 amide bonds. The third-order valence-electron chi connectivity index (χ3n) is 7.25. The van der Waals surface area contributed by atoms with Crippen LogP contribution in [0.4, 0.5) is 0 Å². The van der Waals surface area contributed by atoms with Gasteiger partial charge in [-0.15, -0.1) is 0 Å². The van der Waals surface area contributed by atoms with Crippen LogP contribution < -0.4 is 5.32 Å². The van der Waals surface area contributed by atoms with Crippen molar-refractivity contribution < 1.29 is 36.3 Å². The second kappa shape index (κ2) is 10.2. The van der Waals surface area contributed by atoms with Gasteiger partial charge in [0.2, 0.25) is 5.91 Å². The van der Waals surface area contributed by atoms with Crippen molar-refractivity contribution in [1.29, 1.82) is 5.26 Å². The standard InChI is InChI=1S/C22H36N4O8S/c1-21(2)33-18-16(32-20(30-4)19(18)34-21)14-31-35(28,29)25-10-7-22(3,8-11-25)24-13-17(27)26-9-5-6-15(26)12-23/h15-16,18-20,24H,5-11,13-14H2,1-4H3/t15-,16+,18+,19+,20+/m0/s1. The fourth-order valence-electron chi connectivity index (χ4n) is 5.16. The van der Waals surface area contributed by atoms with Gasteiger partial charge in [0.25, 0.3) is 0 Å². The number of amides is 1. The lowest BCUT2D eigenvalue weighted by molar-refractivity contribution is -0.229. The minimum absolute atomic E-state index is 0.0980. The van der Waals surface area contributed by atoms with Crippen LogP contribution in [0.2, 0.25) is 0 Å². The molecule has 0 aromatic rings. The zero-order valence-electron chi connectivity index (χ0n) is 20.8. The average Bonchev–Trinajstić information content (AvgIpc) is 3.49. The van der Waals surface area contributed by atoms with Crippen molar-refractivity contribution in [3.63, 3.8) is 0 Å². The largest absolute Gasteiger partial charge is 0.353 e. The fourth-order valence-corrected chi connectivity index (χ4v) is 6.25. The van der Waals surface area contributed by atoms with E-state index >= 15 is 0 Å². The Hall–Kier alpha value is -1.37. The van der Waals surface area contributed by atoms with Gasteiger partial charge >= 0.3 is 10.3 Å². The lowest BCUT2D eigenvalue weighted by atomic mass is 9.90. The Labute approximate surface area is 207 Å². The summed E-state index contributed by atoms with van der Waals surface area (Å²) in [5, 5.41) is 12.5. The second-order valence-corrected chi connectivity index (χ2v) is 11.9. The third kappa shape index (κ3) is 5.80. The number of carbonyl (C=O) groups excluding carboxylic acids is 1. The molecule has 0 aromatic heterocycles. The second-order valence-electron chi connectivity index (χ2n) is 10.3. The van der Waals surface area contributed by atoms with E-state index in [0.29, 0.717) is 25.8 Å². The molecule has 13 heteroatoms. The van der Waals surface area contributed by atoms with Crippen LogP contribution in [0.15, 0.2) is 0 Å². The number of nitriles is 1. The first kappa shape index (κ1) is 26.7. The molecule has 0 unspecified atom stereocenters. The first-order chi connectivity index (χ1) is 16.5. The van der Waals surface area contributed by atoms with Crippen molar-refractivity contribution in [2.75, 3.05) is 39.9 Å². The van der Waals surface area contributed by atoms with Crippen LogP contribution >= 0.6 is 0 Å². The van der Waals surface area contributed by atoms with Gasteiger partial charge in [-0.3, -0.25) is 8.98 Å². The number of hydrogen-bond donors (Lipinski definition) is 1. The van der Waals surface area contributed by atoms with Gasteiger partial charge in [0.05, 0.1) is 19.2 Å². The number of nitrogens with zero attached hydrogens (tertiary/aromatic N) is 3. The Bertz CT molecular complexity index is 930. The number of methoxy groups -OCH3 is 1. The summed E-state index contributed by atoms with van der Waals surface area (Å²) in [6.45, 7) is 6.58. The number of nitrogens with one attached hydrogen (secondary N) is 1. The molecule has 4 rings (SSSR count). The predicted octanol–water partition coefficient (Wildman–Crippen LogP) is 0.0979. The van der Waals surface area contributed by atoms with E-state index < -0.39 is 46.2 Å². The van der Waals surface area contributed by atoms with E-state index in [0.717, 1.165) is 6.42 Å². The Balaban J connectivity index is 1.25. The molecule has 4 heterocycles. The summed E-state index contributed by atoms with van der Waals surface area (Å²) in [5.74, 6) is -0.914. The Morgan fingerprint density at radius 2 is 1.86 bits per heavy atom. The van der Waals surface area contributed by atoms with Gasteiger partial charge in [-0.1, -0.05) is 0 Å². The minimum Gasteiger partial charge on any atom is -0.353 e.